The van der Waals surface area contributed by atoms with Crippen LogP contribution in [0.15, 0.2) is 48.5 Å². The third-order valence-electron chi connectivity index (χ3n) is 3.32. The van der Waals surface area contributed by atoms with Crippen LogP contribution in [0.25, 0.3) is 16.9 Å². The van der Waals surface area contributed by atoms with Gasteiger partial charge in [-0.15, -0.1) is 5.10 Å². The summed E-state index contributed by atoms with van der Waals surface area (Å²) in [5.74, 6) is -1.60. The van der Waals surface area contributed by atoms with Crippen LogP contribution in [0, 0.1) is 12.7 Å². The second kappa shape index (κ2) is 5.40. The van der Waals surface area contributed by atoms with Gasteiger partial charge < -0.3 is 5.11 Å². The first kappa shape index (κ1) is 13.9. The number of benzene rings is 2. The van der Waals surface area contributed by atoms with Crippen molar-refractivity contribution < 1.29 is 14.3 Å². The standard InChI is InChI=1S/C16H12FN3O2/c1-10-7-8-12(9-13(10)17)20-15(16(21)22)14(18-19-20)11-5-3-2-4-6-11/h2-9H,1H3,(H,21,22). The molecule has 0 saturated carbocycles. The summed E-state index contributed by atoms with van der Waals surface area (Å²) in [5.41, 5.74) is 1.57. The van der Waals surface area contributed by atoms with Crippen molar-refractivity contribution in [3.8, 4) is 16.9 Å². The first-order chi connectivity index (χ1) is 10.6. The fraction of sp³-hybridized carbons (Fsp3) is 0.0625. The topological polar surface area (TPSA) is 68.0 Å². The van der Waals surface area contributed by atoms with Crippen LogP contribution in [-0.2, 0) is 0 Å². The van der Waals surface area contributed by atoms with Gasteiger partial charge in [0, 0.05) is 5.56 Å². The molecule has 6 heteroatoms. The summed E-state index contributed by atoms with van der Waals surface area (Å²) in [6, 6.07) is 13.3. The van der Waals surface area contributed by atoms with Crippen LogP contribution in [-0.4, -0.2) is 26.1 Å². The molecular weight excluding hydrogens is 285 g/mol. The summed E-state index contributed by atoms with van der Waals surface area (Å²) in [6.45, 7) is 1.63. The van der Waals surface area contributed by atoms with Crippen molar-refractivity contribution in [1.29, 1.82) is 0 Å². The van der Waals surface area contributed by atoms with Gasteiger partial charge in [-0.3, -0.25) is 0 Å². The van der Waals surface area contributed by atoms with Gasteiger partial charge in [-0.2, -0.15) is 0 Å². The Hall–Kier alpha value is -3.02. The molecule has 0 aliphatic heterocycles. The number of aryl methyl sites for hydroxylation is 1. The number of nitrogens with zero attached hydrogens (tertiary/aromatic N) is 3. The van der Waals surface area contributed by atoms with E-state index in [2.05, 4.69) is 10.3 Å². The van der Waals surface area contributed by atoms with Crippen molar-refractivity contribution in [2.45, 2.75) is 6.92 Å². The smallest absolute Gasteiger partial charge is 0.357 e. The highest BCUT2D eigenvalue weighted by Crippen LogP contribution is 2.24. The van der Waals surface area contributed by atoms with E-state index >= 15 is 0 Å². The minimum Gasteiger partial charge on any atom is -0.476 e. The predicted molar refractivity (Wildman–Crippen MR) is 78.4 cm³/mol. The third kappa shape index (κ3) is 2.35. The lowest BCUT2D eigenvalue weighted by Crippen LogP contribution is -2.09. The van der Waals surface area contributed by atoms with Gasteiger partial charge in [0.05, 0.1) is 5.69 Å². The molecule has 110 valence electrons. The summed E-state index contributed by atoms with van der Waals surface area (Å²) >= 11 is 0. The van der Waals surface area contributed by atoms with Gasteiger partial charge >= 0.3 is 5.97 Å². The molecule has 0 bridgehead atoms. The van der Waals surface area contributed by atoms with Crippen LogP contribution >= 0.6 is 0 Å². The molecule has 0 aliphatic carbocycles. The largest absolute Gasteiger partial charge is 0.476 e. The number of carbonyl (C=O) groups is 1. The van der Waals surface area contributed by atoms with Crippen molar-refractivity contribution in [3.63, 3.8) is 0 Å². The van der Waals surface area contributed by atoms with E-state index in [0.717, 1.165) is 4.68 Å². The number of carboxylic acid groups (broad SMARTS) is 1. The molecule has 22 heavy (non-hydrogen) atoms. The van der Waals surface area contributed by atoms with E-state index in [4.69, 9.17) is 0 Å². The van der Waals surface area contributed by atoms with Crippen LogP contribution in [0.5, 0.6) is 0 Å². The molecule has 0 amide bonds. The highest BCUT2D eigenvalue weighted by atomic mass is 19.1. The summed E-state index contributed by atoms with van der Waals surface area (Å²) in [5, 5.41) is 17.3. The molecular formula is C16H12FN3O2. The Labute approximate surface area is 125 Å². The summed E-state index contributed by atoms with van der Waals surface area (Å²) in [4.78, 5) is 11.6. The lowest BCUT2D eigenvalue weighted by atomic mass is 10.1. The maximum atomic E-state index is 13.7. The van der Waals surface area contributed by atoms with Crippen molar-refractivity contribution in [3.05, 3.63) is 65.6 Å². The quantitative estimate of drug-likeness (QED) is 0.806. The maximum absolute atomic E-state index is 13.7. The fourth-order valence-electron chi connectivity index (χ4n) is 2.16. The van der Waals surface area contributed by atoms with E-state index in [1.165, 1.54) is 6.07 Å². The zero-order chi connectivity index (χ0) is 15.7. The molecule has 0 fully saturated rings. The van der Waals surface area contributed by atoms with Gasteiger partial charge in [0.15, 0.2) is 5.69 Å². The van der Waals surface area contributed by atoms with E-state index in [1.807, 2.05) is 6.07 Å². The number of aromatic carboxylic acids is 1. The zero-order valence-electron chi connectivity index (χ0n) is 11.7. The number of rotatable bonds is 3. The molecule has 0 unspecified atom stereocenters. The highest BCUT2D eigenvalue weighted by molar-refractivity contribution is 5.93. The third-order valence-corrected chi connectivity index (χ3v) is 3.32. The summed E-state index contributed by atoms with van der Waals surface area (Å²) in [6.07, 6.45) is 0. The van der Waals surface area contributed by atoms with Gasteiger partial charge in [0.1, 0.15) is 11.5 Å². The second-order valence-electron chi connectivity index (χ2n) is 4.80. The Kier molecular flexibility index (Phi) is 3.42. The Morgan fingerprint density at radius 3 is 2.55 bits per heavy atom. The van der Waals surface area contributed by atoms with Crippen molar-refractivity contribution in [2.75, 3.05) is 0 Å². The molecule has 0 radical (unpaired) electrons. The SMILES string of the molecule is Cc1ccc(-n2nnc(-c3ccccc3)c2C(=O)O)cc1F. The molecule has 2 aromatic carbocycles. The van der Waals surface area contributed by atoms with Crippen LogP contribution in [0.3, 0.4) is 0 Å². The molecule has 0 atom stereocenters. The van der Waals surface area contributed by atoms with Crippen molar-refractivity contribution in [1.82, 2.24) is 15.0 Å². The van der Waals surface area contributed by atoms with Gasteiger partial charge in [0.2, 0.25) is 0 Å². The number of carboxylic acids is 1. The number of aromatic nitrogens is 3. The zero-order valence-corrected chi connectivity index (χ0v) is 11.7. The van der Waals surface area contributed by atoms with E-state index < -0.39 is 11.8 Å². The molecule has 0 saturated heterocycles. The number of hydrogen-bond donors (Lipinski definition) is 1. The lowest BCUT2D eigenvalue weighted by Gasteiger charge is -2.05. The molecule has 0 spiro atoms. The van der Waals surface area contributed by atoms with Crippen molar-refractivity contribution in [2.24, 2.45) is 0 Å². The molecule has 1 aromatic heterocycles. The van der Waals surface area contributed by atoms with Gasteiger partial charge in [0.25, 0.3) is 0 Å². The van der Waals surface area contributed by atoms with E-state index in [-0.39, 0.29) is 11.4 Å². The van der Waals surface area contributed by atoms with E-state index in [1.54, 1.807) is 43.3 Å². The van der Waals surface area contributed by atoms with Gasteiger partial charge in [-0.25, -0.2) is 13.9 Å². The first-order valence-corrected chi connectivity index (χ1v) is 6.59. The van der Waals surface area contributed by atoms with Crippen molar-refractivity contribution >= 4 is 5.97 Å². The maximum Gasteiger partial charge on any atom is 0.357 e. The lowest BCUT2D eigenvalue weighted by molar-refractivity contribution is 0.0688. The van der Waals surface area contributed by atoms with E-state index in [9.17, 15) is 14.3 Å². The number of halogens is 1. The monoisotopic (exact) mass is 297 g/mol. The minimum absolute atomic E-state index is 0.102. The fourth-order valence-corrected chi connectivity index (χ4v) is 2.16. The Balaban J connectivity index is 2.19. The van der Waals surface area contributed by atoms with E-state index in [0.29, 0.717) is 16.8 Å². The molecule has 1 N–H and O–H groups in total. The van der Waals surface area contributed by atoms with Gasteiger partial charge in [-0.1, -0.05) is 41.6 Å². The first-order valence-electron chi connectivity index (χ1n) is 6.59. The average molecular weight is 297 g/mol. The van der Waals surface area contributed by atoms with Crippen LogP contribution in [0.2, 0.25) is 0 Å². The highest BCUT2D eigenvalue weighted by Gasteiger charge is 2.22. The Bertz CT molecular complexity index is 844. The Morgan fingerprint density at radius 2 is 1.91 bits per heavy atom. The van der Waals surface area contributed by atoms with Gasteiger partial charge in [-0.05, 0) is 24.6 Å². The average Bonchev–Trinajstić information content (AvgIpc) is 2.96. The summed E-state index contributed by atoms with van der Waals surface area (Å²) < 4.78 is 14.9. The number of hydrogen-bond acceptors (Lipinski definition) is 3. The molecule has 0 aliphatic rings. The molecule has 5 nitrogen and oxygen atoms in total. The predicted octanol–water partition coefficient (Wildman–Crippen LogP) is 3.08. The van der Waals surface area contributed by atoms with Crippen LogP contribution < -0.4 is 0 Å². The molecule has 1 heterocycles. The second-order valence-corrected chi connectivity index (χ2v) is 4.80. The van der Waals surface area contributed by atoms with Crippen LogP contribution in [0.4, 0.5) is 4.39 Å². The minimum atomic E-state index is -1.18. The summed E-state index contributed by atoms with van der Waals surface area (Å²) in [7, 11) is 0. The molecule has 3 rings (SSSR count). The normalized spacial score (nSPS) is 10.6. The molecule has 3 aromatic rings. The Morgan fingerprint density at radius 1 is 1.18 bits per heavy atom. The van der Waals surface area contributed by atoms with Crippen LogP contribution in [0.1, 0.15) is 16.1 Å².